The minimum absolute atomic E-state index is 0.0930. The number of allylic oxidation sites excluding steroid dienone is 2. The van der Waals surface area contributed by atoms with Gasteiger partial charge in [-0.2, -0.15) is 0 Å². The van der Waals surface area contributed by atoms with E-state index in [1.165, 1.54) is 13.5 Å². The summed E-state index contributed by atoms with van der Waals surface area (Å²) in [5, 5.41) is 3.15. The van der Waals surface area contributed by atoms with Gasteiger partial charge in [-0.1, -0.05) is 12.2 Å². The molecule has 1 fully saturated rings. The molecular formula is C12H19NO2. The highest BCUT2D eigenvalue weighted by Gasteiger charge is 2.62. The molecule has 0 heterocycles. The van der Waals surface area contributed by atoms with Crippen molar-refractivity contribution in [1.29, 1.82) is 0 Å². The second-order valence-electron chi connectivity index (χ2n) is 4.57. The summed E-state index contributed by atoms with van der Waals surface area (Å²) >= 11 is 0. The number of rotatable bonds is 3. The third-order valence-electron chi connectivity index (χ3n) is 3.89. The molecule has 0 bridgehead atoms. The monoisotopic (exact) mass is 209 g/mol. The second-order valence-corrected chi connectivity index (χ2v) is 4.57. The minimum atomic E-state index is -0.370. The molecule has 1 saturated carbocycles. The van der Waals surface area contributed by atoms with Crippen molar-refractivity contribution in [2.45, 2.75) is 31.2 Å². The van der Waals surface area contributed by atoms with E-state index in [1.54, 1.807) is 0 Å². The maximum absolute atomic E-state index is 11.7. The molecule has 3 nitrogen and oxygen atoms in total. The van der Waals surface area contributed by atoms with Crippen LogP contribution >= 0.6 is 0 Å². The van der Waals surface area contributed by atoms with Crippen molar-refractivity contribution in [2.24, 2.45) is 11.8 Å². The standard InChI is InChI=1S/C12H19NO2/c1-13-12(11(14)15-2)8-10(12)9-6-4-3-5-7-9/h3-4,9-10,13H,5-8H2,1-2H3. The normalized spacial score (nSPS) is 38.8. The van der Waals surface area contributed by atoms with Crippen LogP contribution in [-0.4, -0.2) is 25.7 Å². The molecule has 0 spiro atoms. The van der Waals surface area contributed by atoms with Crippen LogP contribution in [0.1, 0.15) is 25.7 Å². The number of hydrogen-bond acceptors (Lipinski definition) is 3. The molecule has 2 rings (SSSR count). The first-order valence-electron chi connectivity index (χ1n) is 5.67. The van der Waals surface area contributed by atoms with Crippen molar-refractivity contribution in [3.63, 3.8) is 0 Å². The van der Waals surface area contributed by atoms with Crippen molar-refractivity contribution in [2.75, 3.05) is 14.2 Å². The summed E-state index contributed by atoms with van der Waals surface area (Å²) in [7, 11) is 3.33. The average Bonchev–Trinajstić information content (AvgIpc) is 3.05. The quantitative estimate of drug-likeness (QED) is 0.565. The number of esters is 1. The van der Waals surface area contributed by atoms with E-state index in [0.717, 1.165) is 19.3 Å². The topological polar surface area (TPSA) is 38.3 Å². The van der Waals surface area contributed by atoms with Crippen molar-refractivity contribution < 1.29 is 9.53 Å². The number of carbonyl (C=O) groups excluding carboxylic acids is 1. The van der Waals surface area contributed by atoms with Crippen molar-refractivity contribution in [3.05, 3.63) is 12.2 Å². The van der Waals surface area contributed by atoms with Gasteiger partial charge in [0.25, 0.3) is 0 Å². The second kappa shape index (κ2) is 3.97. The Morgan fingerprint density at radius 3 is 2.87 bits per heavy atom. The van der Waals surface area contributed by atoms with Crippen LogP contribution in [0.4, 0.5) is 0 Å². The lowest BCUT2D eigenvalue weighted by Crippen LogP contribution is -2.41. The van der Waals surface area contributed by atoms with Gasteiger partial charge in [0.2, 0.25) is 0 Å². The van der Waals surface area contributed by atoms with Gasteiger partial charge in [0.05, 0.1) is 7.11 Å². The minimum Gasteiger partial charge on any atom is -0.468 e. The number of carbonyl (C=O) groups is 1. The first-order valence-corrected chi connectivity index (χ1v) is 5.67. The smallest absolute Gasteiger partial charge is 0.326 e. The first kappa shape index (κ1) is 10.7. The summed E-state index contributed by atoms with van der Waals surface area (Å²) in [6.07, 6.45) is 8.89. The molecule has 84 valence electrons. The molecule has 0 aromatic rings. The van der Waals surface area contributed by atoms with Crippen LogP contribution in [0.2, 0.25) is 0 Å². The van der Waals surface area contributed by atoms with E-state index < -0.39 is 0 Å². The zero-order valence-electron chi connectivity index (χ0n) is 9.45. The maximum Gasteiger partial charge on any atom is 0.326 e. The van der Waals surface area contributed by atoms with E-state index in [1.807, 2.05) is 7.05 Å². The van der Waals surface area contributed by atoms with Crippen LogP contribution in [0.25, 0.3) is 0 Å². The molecule has 0 aromatic carbocycles. The van der Waals surface area contributed by atoms with Gasteiger partial charge in [0.1, 0.15) is 5.54 Å². The lowest BCUT2D eigenvalue weighted by Gasteiger charge is -2.21. The number of methoxy groups -OCH3 is 1. The van der Waals surface area contributed by atoms with E-state index in [2.05, 4.69) is 17.5 Å². The fraction of sp³-hybridized carbons (Fsp3) is 0.750. The summed E-state index contributed by atoms with van der Waals surface area (Å²) in [5.41, 5.74) is -0.370. The molecule has 0 aromatic heterocycles. The molecule has 3 unspecified atom stereocenters. The largest absolute Gasteiger partial charge is 0.468 e. The SMILES string of the molecule is CNC1(C(=O)OC)CC1C1CC=CCC1. The number of likely N-dealkylation sites (N-methyl/N-ethyl adjacent to an activating group) is 1. The van der Waals surface area contributed by atoms with Gasteiger partial charge in [-0.15, -0.1) is 0 Å². The highest BCUT2D eigenvalue weighted by molar-refractivity contribution is 5.85. The molecule has 3 heteroatoms. The van der Waals surface area contributed by atoms with E-state index in [9.17, 15) is 4.79 Å². The zero-order chi connectivity index (χ0) is 10.9. The first-order chi connectivity index (χ1) is 7.24. The fourth-order valence-corrected chi connectivity index (χ4v) is 2.85. The van der Waals surface area contributed by atoms with Crippen LogP contribution < -0.4 is 5.32 Å². The molecule has 0 radical (unpaired) electrons. The zero-order valence-corrected chi connectivity index (χ0v) is 9.45. The van der Waals surface area contributed by atoms with Crippen LogP contribution in [0.15, 0.2) is 12.2 Å². The molecule has 0 saturated heterocycles. The molecule has 0 amide bonds. The summed E-state index contributed by atoms with van der Waals surface area (Å²) < 4.78 is 4.87. The molecule has 2 aliphatic carbocycles. The van der Waals surface area contributed by atoms with Gasteiger partial charge in [-0.05, 0) is 44.6 Å². The van der Waals surface area contributed by atoms with Gasteiger partial charge < -0.3 is 10.1 Å². The predicted octanol–water partition coefficient (Wildman–Crippen LogP) is 1.49. The van der Waals surface area contributed by atoms with Gasteiger partial charge in [-0.25, -0.2) is 0 Å². The summed E-state index contributed by atoms with van der Waals surface area (Å²) in [4.78, 5) is 11.7. The molecular weight excluding hydrogens is 190 g/mol. The van der Waals surface area contributed by atoms with E-state index >= 15 is 0 Å². The van der Waals surface area contributed by atoms with Gasteiger partial charge in [0, 0.05) is 0 Å². The molecule has 1 N–H and O–H groups in total. The van der Waals surface area contributed by atoms with Gasteiger partial charge >= 0.3 is 5.97 Å². The predicted molar refractivity (Wildman–Crippen MR) is 58.4 cm³/mol. The van der Waals surface area contributed by atoms with E-state index in [0.29, 0.717) is 11.8 Å². The van der Waals surface area contributed by atoms with Crippen LogP contribution in [-0.2, 0) is 9.53 Å². The molecule has 3 atom stereocenters. The van der Waals surface area contributed by atoms with Crippen LogP contribution in [0, 0.1) is 11.8 Å². The summed E-state index contributed by atoms with van der Waals surface area (Å²) in [5.74, 6) is 1.03. The number of nitrogens with one attached hydrogen (secondary N) is 1. The molecule has 0 aliphatic heterocycles. The Morgan fingerprint density at radius 2 is 2.33 bits per heavy atom. The van der Waals surface area contributed by atoms with Gasteiger partial charge in [0.15, 0.2) is 0 Å². The third-order valence-corrected chi connectivity index (χ3v) is 3.89. The maximum atomic E-state index is 11.7. The average molecular weight is 209 g/mol. The number of ether oxygens (including phenoxy) is 1. The molecule has 2 aliphatic rings. The van der Waals surface area contributed by atoms with Crippen molar-refractivity contribution >= 4 is 5.97 Å². The van der Waals surface area contributed by atoms with Crippen molar-refractivity contribution in [1.82, 2.24) is 5.32 Å². The van der Waals surface area contributed by atoms with Crippen LogP contribution in [0.3, 0.4) is 0 Å². The highest BCUT2D eigenvalue weighted by Crippen LogP contribution is 2.52. The Morgan fingerprint density at radius 1 is 1.53 bits per heavy atom. The van der Waals surface area contributed by atoms with Gasteiger partial charge in [-0.3, -0.25) is 4.79 Å². The summed E-state index contributed by atoms with van der Waals surface area (Å²) in [6.45, 7) is 0. The Balaban J connectivity index is 2.02. The summed E-state index contributed by atoms with van der Waals surface area (Å²) in [6, 6.07) is 0. The van der Waals surface area contributed by atoms with Crippen LogP contribution in [0.5, 0.6) is 0 Å². The Labute approximate surface area is 90.9 Å². The third kappa shape index (κ3) is 1.69. The Hall–Kier alpha value is -0.830. The van der Waals surface area contributed by atoms with Crippen molar-refractivity contribution in [3.8, 4) is 0 Å². The lowest BCUT2D eigenvalue weighted by atomic mass is 9.88. The highest BCUT2D eigenvalue weighted by atomic mass is 16.5. The molecule has 15 heavy (non-hydrogen) atoms. The fourth-order valence-electron chi connectivity index (χ4n) is 2.85. The Kier molecular flexibility index (Phi) is 2.83. The number of hydrogen-bond donors (Lipinski definition) is 1. The van der Waals surface area contributed by atoms with E-state index in [-0.39, 0.29) is 11.5 Å². The Bertz CT molecular complexity index is 287. The van der Waals surface area contributed by atoms with E-state index in [4.69, 9.17) is 4.74 Å². The lowest BCUT2D eigenvalue weighted by molar-refractivity contribution is -0.145.